The molecule has 6 nitrogen and oxygen atoms in total. The van der Waals surface area contributed by atoms with Gasteiger partial charge in [0.05, 0.1) is 0 Å². The van der Waals surface area contributed by atoms with Crippen molar-refractivity contribution in [3.63, 3.8) is 0 Å². The van der Waals surface area contributed by atoms with Crippen molar-refractivity contribution >= 4 is 11.8 Å². The molecule has 1 saturated heterocycles. The maximum atomic E-state index is 13.3. The van der Waals surface area contributed by atoms with Crippen molar-refractivity contribution in [2.75, 3.05) is 19.6 Å². The average molecular weight is 397 g/mol. The minimum atomic E-state index is -0.649. The zero-order valence-corrected chi connectivity index (χ0v) is 16.3. The molecule has 4 rings (SSSR count). The number of nitrogens with zero attached hydrogens (tertiary/aromatic N) is 2. The molecule has 0 unspecified atom stereocenters. The Bertz CT molecular complexity index is 1000. The maximum Gasteiger partial charge on any atom is 0.251 e. The number of carbonyl (C=O) groups excluding carboxylic acids is 2. The van der Waals surface area contributed by atoms with Crippen LogP contribution in [0.3, 0.4) is 0 Å². The van der Waals surface area contributed by atoms with E-state index in [1.165, 1.54) is 25.1 Å². The molecule has 1 aromatic heterocycles. The van der Waals surface area contributed by atoms with E-state index in [2.05, 4.69) is 5.32 Å². The first-order chi connectivity index (χ1) is 13.9. The summed E-state index contributed by atoms with van der Waals surface area (Å²) in [6.07, 6.45) is 1.27. The van der Waals surface area contributed by atoms with Gasteiger partial charge in [-0.3, -0.25) is 19.0 Å². The smallest absolute Gasteiger partial charge is 0.251 e. The zero-order chi connectivity index (χ0) is 20.5. The van der Waals surface area contributed by atoms with Crippen molar-refractivity contribution in [3.8, 4) is 0 Å². The number of aromatic nitrogens is 1. The lowest BCUT2D eigenvalue weighted by molar-refractivity contribution is -0.135. The number of benzene rings is 1. The molecule has 3 heterocycles. The summed E-state index contributed by atoms with van der Waals surface area (Å²) in [6.45, 7) is 2.92. The molecule has 0 spiro atoms. The van der Waals surface area contributed by atoms with E-state index < -0.39 is 6.04 Å². The molecule has 2 aromatic rings. The van der Waals surface area contributed by atoms with Crippen LogP contribution in [0.15, 0.2) is 47.3 Å². The van der Waals surface area contributed by atoms with Gasteiger partial charge in [0.2, 0.25) is 11.8 Å². The Morgan fingerprint density at radius 1 is 1.17 bits per heavy atom. The van der Waals surface area contributed by atoms with Crippen LogP contribution in [0.1, 0.15) is 36.6 Å². The molecule has 1 aromatic carbocycles. The van der Waals surface area contributed by atoms with Gasteiger partial charge in [0.15, 0.2) is 0 Å². The molecule has 2 aliphatic heterocycles. The Morgan fingerprint density at radius 3 is 2.72 bits per heavy atom. The van der Waals surface area contributed by atoms with Crippen LogP contribution in [-0.2, 0) is 16.0 Å². The average Bonchev–Trinajstić information content (AvgIpc) is 2.68. The molecule has 0 aliphatic carbocycles. The molecule has 152 valence electrons. The predicted octanol–water partition coefficient (Wildman–Crippen LogP) is 1.85. The number of hydrogen-bond acceptors (Lipinski definition) is 3. The van der Waals surface area contributed by atoms with Gasteiger partial charge < -0.3 is 10.2 Å². The van der Waals surface area contributed by atoms with Gasteiger partial charge >= 0.3 is 0 Å². The summed E-state index contributed by atoms with van der Waals surface area (Å²) in [5.74, 6) is -0.608. The number of nitrogens with one attached hydrogen (secondary N) is 1. The fourth-order valence-electron chi connectivity index (χ4n) is 4.65. The maximum absolute atomic E-state index is 13.3. The molecule has 2 aliphatic rings. The van der Waals surface area contributed by atoms with Gasteiger partial charge in [-0.1, -0.05) is 18.2 Å². The Balaban J connectivity index is 1.56. The zero-order valence-electron chi connectivity index (χ0n) is 16.3. The summed E-state index contributed by atoms with van der Waals surface area (Å²) in [5, 5.41) is 2.91. The lowest BCUT2D eigenvalue weighted by atomic mass is 9.78. The number of amides is 2. The third-order valence-electron chi connectivity index (χ3n) is 5.96. The normalized spacial score (nSPS) is 22.7. The fourth-order valence-corrected chi connectivity index (χ4v) is 4.65. The van der Waals surface area contributed by atoms with Crippen LogP contribution in [0.2, 0.25) is 0 Å². The molecule has 7 heteroatoms. The van der Waals surface area contributed by atoms with Crippen LogP contribution >= 0.6 is 0 Å². The SMILES string of the molecule is CC(=O)N1C[C@H]2C[C@@H](C1)[C@H](C(=O)NCCc1cccc(F)c1)n1c2cccc1=O. The predicted molar refractivity (Wildman–Crippen MR) is 106 cm³/mol. The first-order valence-electron chi connectivity index (χ1n) is 9.93. The number of likely N-dealkylation sites (tertiary alicyclic amines) is 1. The van der Waals surface area contributed by atoms with Crippen LogP contribution in [0.5, 0.6) is 0 Å². The van der Waals surface area contributed by atoms with E-state index in [0.717, 1.165) is 17.7 Å². The summed E-state index contributed by atoms with van der Waals surface area (Å²) in [7, 11) is 0. The summed E-state index contributed by atoms with van der Waals surface area (Å²) < 4.78 is 14.9. The van der Waals surface area contributed by atoms with E-state index in [1.54, 1.807) is 21.6 Å². The van der Waals surface area contributed by atoms with E-state index in [0.29, 0.717) is 26.1 Å². The van der Waals surface area contributed by atoms with E-state index >= 15 is 0 Å². The van der Waals surface area contributed by atoms with E-state index in [9.17, 15) is 18.8 Å². The first kappa shape index (κ1) is 19.4. The van der Waals surface area contributed by atoms with Crippen LogP contribution in [-0.4, -0.2) is 40.9 Å². The topological polar surface area (TPSA) is 71.4 Å². The van der Waals surface area contributed by atoms with Gasteiger partial charge in [-0.25, -0.2) is 4.39 Å². The van der Waals surface area contributed by atoms with E-state index in [4.69, 9.17) is 0 Å². The van der Waals surface area contributed by atoms with Crippen molar-refractivity contribution in [2.24, 2.45) is 5.92 Å². The molecular weight excluding hydrogens is 373 g/mol. The van der Waals surface area contributed by atoms with Crippen molar-refractivity contribution in [1.29, 1.82) is 0 Å². The minimum Gasteiger partial charge on any atom is -0.354 e. The molecular formula is C22H24FN3O3. The molecule has 3 atom stereocenters. The molecule has 0 saturated carbocycles. The standard InChI is InChI=1S/C22H24FN3O3/c1-14(27)25-12-16-11-17(13-25)21(26-19(16)6-3-7-20(26)28)22(29)24-9-8-15-4-2-5-18(23)10-15/h2-7,10,16-17,21H,8-9,11-13H2,1H3,(H,24,29)/t16-,17+,21-/m1/s1. The highest BCUT2D eigenvalue weighted by Gasteiger charge is 2.44. The van der Waals surface area contributed by atoms with Gasteiger partial charge in [0.1, 0.15) is 11.9 Å². The number of fused-ring (bicyclic) bond motifs is 4. The quantitative estimate of drug-likeness (QED) is 0.856. The van der Waals surface area contributed by atoms with Gasteiger partial charge in [-0.2, -0.15) is 0 Å². The molecule has 1 fully saturated rings. The van der Waals surface area contributed by atoms with Crippen LogP contribution < -0.4 is 10.9 Å². The molecule has 2 amide bonds. The molecule has 0 radical (unpaired) electrons. The molecule has 29 heavy (non-hydrogen) atoms. The molecule has 2 bridgehead atoms. The van der Waals surface area contributed by atoms with Crippen LogP contribution in [0.25, 0.3) is 0 Å². The third-order valence-corrected chi connectivity index (χ3v) is 5.96. The second kappa shape index (κ2) is 7.81. The third kappa shape index (κ3) is 3.81. The monoisotopic (exact) mass is 397 g/mol. The summed E-state index contributed by atoms with van der Waals surface area (Å²) in [4.78, 5) is 39.5. The molecule has 1 N–H and O–H groups in total. The van der Waals surface area contributed by atoms with Gasteiger partial charge in [0.25, 0.3) is 5.56 Å². The van der Waals surface area contributed by atoms with Crippen LogP contribution in [0.4, 0.5) is 4.39 Å². The largest absolute Gasteiger partial charge is 0.354 e. The number of halogens is 1. The highest BCUT2D eigenvalue weighted by molar-refractivity contribution is 5.81. The first-order valence-corrected chi connectivity index (χ1v) is 9.93. The number of pyridine rings is 1. The second-order valence-electron chi connectivity index (χ2n) is 7.89. The Labute approximate surface area is 168 Å². The van der Waals surface area contributed by atoms with Gasteiger partial charge in [0, 0.05) is 50.2 Å². The van der Waals surface area contributed by atoms with E-state index in [1.807, 2.05) is 12.1 Å². The summed E-state index contributed by atoms with van der Waals surface area (Å²) >= 11 is 0. The van der Waals surface area contributed by atoms with Crippen molar-refractivity contribution < 1.29 is 14.0 Å². The van der Waals surface area contributed by atoms with Crippen LogP contribution in [0, 0.1) is 11.7 Å². The minimum absolute atomic E-state index is 0.0170. The van der Waals surface area contributed by atoms with Gasteiger partial charge in [-0.05, 0) is 36.6 Å². The number of hydrogen-bond donors (Lipinski definition) is 1. The number of rotatable bonds is 4. The Hall–Kier alpha value is -2.96. The second-order valence-corrected chi connectivity index (χ2v) is 7.89. The Kier molecular flexibility index (Phi) is 5.22. The van der Waals surface area contributed by atoms with E-state index in [-0.39, 0.29) is 35.0 Å². The van der Waals surface area contributed by atoms with Crippen molar-refractivity contribution in [1.82, 2.24) is 14.8 Å². The van der Waals surface area contributed by atoms with Crippen molar-refractivity contribution in [3.05, 3.63) is 69.9 Å². The summed E-state index contributed by atoms with van der Waals surface area (Å²) in [5.41, 5.74) is 1.41. The fraction of sp³-hybridized carbons (Fsp3) is 0.409. The highest BCUT2D eigenvalue weighted by Crippen LogP contribution is 2.41. The summed E-state index contributed by atoms with van der Waals surface area (Å²) in [6, 6.07) is 10.7. The van der Waals surface area contributed by atoms with Gasteiger partial charge in [-0.15, -0.1) is 0 Å². The lowest BCUT2D eigenvalue weighted by Crippen LogP contribution is -2.54. The highest BCUT2D eigenvalue weighted by atomic mass is 19.1. The Morgan fingerprint density at radius 2 is 1.97 bits per heavy atom. The van der Waals surface area contributed by atoms with Crippen molar-refractivity contribution in [2.45, 2.75) is 31.7 Å². The lowest BCUT2D eigenvalue weighted by Gasteiger charge is -2.46. The number of carbonyl (C=O) groups is 2. The number of piperidine rings is 1.